The lowest BCUT2D eigenvalue weighted by Crippen LogP contribution is -2.62. The molecule has 0 aromatic rings. The molecule has 0 spiro atoms. The Morgan fingerprint density at radius 1 is 1.17 bits per heavy atom. The first kappa shape index (κ1) is 23.1. The smallest absolute Gasteiger partial charge is 0.186 e. The Bertz CT molecular complexity index is 605. The van der Waals surface area contributed by atoms with E-state index in [9.17, 15) is 30.6 Å². The van der Waals surface area contributed by atoms with Crippen molar-refractivity contribution >= 4 is 0 Å². The molecule has 1 aliphatic heterocycles. The fourth-order valence-corrected chi connectivity index (χ4v) is 5.34. The lowest BCUT2D eigenvalue weighted by Gasteiger charge is -2.56. The highest BCUT2D eigenvalue weighted by atomic mass is 16.7. The van der Waals surface area contributed by atoms with E-state index in [1.165, 1.54) is 0 Å². The van der Waals surface area contributed by atoms with Gasteiger partial charge < -0.3 is 40.1 Å². The van der Waals surface area contributed by atoms with E-state index >= 15 is 0 Å². The van der Waals surface area contributed by atoms with Gasteiger partial charge in [0.05, 0.1) is 18.3 Å². The molecule has 2 fully saturated rings. The van der Waals surface area contributed by atoms with Crippen LogP contribution in [0.4, 0.5) is 0 Å². The van der Waals surface area contributed by atoms with Gasteiger partial charge in [0.2, 0.25) is 0 Å². The number of rotatable bonds is 5. The summed E-state index contributed by atoms with van der Waals surface area (Å²) in [6.07, 6.45) is -2.43. The molecule has 1 heterocycles. The average Bonchev–Trinajstić information content (AvgIpc) is 2.69. The molecule has 0 amide bonds. The van der Waals surface area contributed by atoms with Crippen molar-refractivity contribution in [1.82, 2.24) is 0 Å². The predicted octanol–water partition coefficient (Wildman–Crippen LogP) is -0.313. The van der Waals surface area contributed by atoms with Gasteiger partial charge in [-0.25, -0.2) is 0 Å². The first-order chi connectivity index (χ1) is 13.5. The highest BCUT2D eigenvalue weighted by Crippen LogP contribution is 2.55. The minimum Gasteiger partial charge on any atom is -0.396 e. The van der Waals surface area contributed by atoms with Crippen molar-refractivity contribution < 1.29 is 40.1 Å². The minimum atomic E-state index is -1.48. The second-order valence-electron chi connectivity index (χ2n) is 9.55. The van der Waals surface area contributed by atoms with Crippen LogP contribution in [-0.4, -0.2) is 86.3 Å². The molecule has 2 aliphatic carbocycles. The van der Waals surface area contributed by atoms with Crippen LogP contribution in [0.15, 0.2) is 11.6 Å². The van der Waals surface area contributed by atoms with Gasteiger partial charge in [0.1, 0.15) is 24.4 Å². The van der Waals surface area contributed by atoms with E-state index in [2.05, 4.69) is 13.0 Å². The van der Waals surface area contributed by atoms with Gasteiger partial charge in [0.15, 0.2) is 6.29 Å². The molecular formula is C21H36O8. The van der Waals surface area contributed by atoms with Crippen LogP contribution < -0.4 is 0 Å². The highest BCUT2D eigenvalue weighted by Gasteiger charge is 2.56. The molecule has 1 saturated heterocycles. The molecule has 0 aromatic carbocycles. The Balaban J connectivity index is 1.82. The zero-order valence-corrected chi connectivity index (χ0v) is 17.4. The molecule has 168 valence electrons. The average molecular weight is 417 g/mol. The Morgan fingerprint density at radius 3 is 2.48 bits per heavy atom. The third-order valence-electron chi connectivity index (χ3n) is 7.49. The summed E-state index contributed by atoms with van der Waals surface area (Å²) in [5.74, 6) is -0.0743. The first-order valence-corrected chi connectivity index (χ1v) is 10.5. The van der Waals surface area contributed by atoms with Crippen LogP contribution in [-0.2, 0) is 9.47 Å². The second kappa shape index (κ2) is 8.51. The van der Waals surface area contributed by atoms with Crippen molar-refractivity contribution in [2.45, 2.75) is 88.9 Å². The van der Waals surface area contributed by atoms with Crippen LogP contribution in [0.3, 0.4) is 0 Å². The summed E-state index contributed by atoms with van der Waals surface area (Å²) in [6, 6.07) is 0. The fraction of sp³-hybridized carbons (Fsp3) is 0.905. The van der Waals surface area contributed by atoms with Crippen molar-refractivity contribution in [2.75, 3.05) is 13.2 Å². The van der Waals surface area contributed by atoms with Crippen LogP contribution in [0.25, 0.3) is 0 Å². The Labute approximate surface area is 171 Å². The summed E-state index contributed by atoms with van der Waals surface area (Å²) in [5, 5.41) is 60.4. The predicted molar refractivity (Wildman–Crippen MR) is 104 cm³/mol. The summed E-state index contributed by atoms with van der Waals surface area (Å²) in [7, 11) is 0. The van der Waals surface area contributed by atoms with Crippen molar-refractivity contribution in [3.63, 3.8) is 0 Å². The van der Waals surface area contributed by atoms with Crippen molar-refractivity contribution in [3.05, 3.63) is 11.6 Å². The number of aliphatic hydroxyl groups excluding tert-OH is 5. The Kier molecular flexibility index (Phi) is 6.78. The second-order valence-corrected chi connectivity index (χ2v) is 9.55. The number of allylic oxidation sites excluding steroid dienone is 1. The van der Waals surface area contributed by atoms with E-state index in [4.69, 9.17) is 9.47 Å². The standard InChI is InChI=1S/C21H36O8/c1-11(9-22)12-4-6-20(2)14(8-12)21(3,27)7-5-15(20)29-19-18(26)17(25)16(24)13(10-23)28-19/h4,11,13-19,22-27H,5-10H2,1-3H3/t11-,13+,14+,15+,16+,17-,18+,19-,20+,21-/m0/s1. The summed E-state index contributed by atoms with van der Waals surface area (Å²) in [6.45, 7) is 5.41. The van der Waals surface area contributed by atoms with Crippen LogP contribution in [0, 0.1) is 17.3 Å². The van der Waals surface area contributed by atoms with Gasteiger partial charge in [-0.2, -0.15) is 0 Å². The molecular weight excluding hydrogens is 380 g/mol. The van der Waals surface area contributed by atoms with E-state index in [1.807, 2.05) is 13.8 Å². The maximum absolute atomic E-state index is 11.1. The molecule has 0 radical (unpaired) electrons. The third-order valence-corrected chi connectivity index (χ3v) is 7.49. The topological polar surface area (TPSA) is 140 Å². The zero-order chi connectivity index (χ0) is 21.6. The van der Waals surface area contributed by atoms with Crippen LogP contribution >= 0.6 is 0 Å². The minimum absolute atomic E-state index is 0.0297. The van der Waals surface area contributed by atoms with Gasteiger partial charge in [0.25, 0.3) is 0 Å². The lowest BCUT2D eigenvalue weighted by atomic mass is 9.54. The number of ether oxygens (including phenoxy) is 2. The monoisotopic (exact) mass is 416 g/mol. The number of hydrogen-bond donors (Lipinski definition) is 6. The molecule has 29 heavy (non-hydrogen) atoms. The molecule has 1 saturated carbocycles. The number of fused-ring (bicyclic) bond motifs is 1. The quantitative estimate of drug-likeness (QED) is 0.335. The maximum atomic E-state index is 11.1. The van der Waals surface area contributed by atoms with Gasteiger partial charge in [0, 0.05) is 17.9 Å². The maximum Gasteiger partial charge on any atom is 0.186 e. The van der Waals surface area contributed by atoms with Gasteiger partial charge in [-0.15, -0.1) is 0 Å². The van der Waals surface area contributed by atoms with Crippen molar-refractivity contribution in [2.24, 2.45) is 17.3 Å². The molecule has 3 aliphatic rings. The molecule has 6 N–H and O–H groups in total. The number of hydrogen-bond acceptors (Lipinski definition) is 8. The summed E-state index contributed by atoms with van der Waals surface area (Å²) in [4.78, 5) is 0. The zero-order valence-electron chi connectivity index (χ0n) is 17.4. The van der Waals surface area contributed by atoms with Gasteiger partial charge in [-0.3, -0.25) is 0 Å². The molecule has 8 nitrogen and oxygen atoms in total. The highest BCUT2D eigenvalue weighted by molar-refractivity contribution is 5.20. The van der Waals surface area contributed by atoms with E-state index < -0.39 is 48.3 Å². The molecule has 0 aromatic heterocycles. The van der Waals surface area contributed by atoms with Crippen LogP contribution in [0.2, 0.25) is 0 Å². The van der Waals surface area contributed by atoms with E-state index in [0.717, 1.165) is 5.57 Å². The van der Waals surface area contributed by atoms with Crippen molar-refractivity contribution in [3.8, 4) is 0 Å². The van der Waals surface area contributed by atoms with Crippen LogP contribution in [0.5, 0.6) is 0 Å². The lowest BCUT2D eigenvalue weighted by molar-refractivity contribution is -0.328. The Hall–Kier alpha value is -0.580. The van der Waals surface area contributed by atoms with E-state index in [1.54, 1.807) is 0 Å². The van der Waals surface area contributed by atoms with Gasteiger partial charge >= 0.3 is 0 Å². The van der Waals surface area contributed by atoms with Crippen molar-refractivity contribution in [1.29, 1.82) is 0 Å². The molecule has 8 heteroatoms. The number of aliphatic hydroxyl groups is 6. The summed E-state index contributed by atoms with van der Waals surface area (Å²) >= 11 is 0. The van der Waals surface area contributed by atoms with Gasteiger partial charge in [-0.1, -0.05) is 25.5 Å². The summed E-state index contributed by atoms with van der Waals surface area (Å²) < 4.78 is 11.7. The Morgan fingerprint density at radius 2 is 1.86 bits per heavy atom. The fourth-order valence-electron chi connectivity index (χ4n) is 5.34. The van der Waals surface area contributed by atoms with Gasteiger partial charge in [-0.05, 0) is 38.5 Å². The third kappa shape index (κ3) is 4.14. The molecule has 3 rings (SSSR count). The molecule has 0 unspecified atom stereocenters. The first-order valence-electron chi connectivity index (χ1n) is 10.5. The SMILES string of the molecule is C[C@@H](CO)C1=CC[C@]2(C)[C@@H](C1)[C@@](C)(O)CC[C@H]2O[C@@H]1O[C@H](CO)[C@@H](O)[C@H](O)[C@H]1O. The molecule has 0 bridgehead atoms. The molecule has 10 atom stereocenters. The summed E-state index contributed by atoms with van der Waals surface area (Å²) in [5.41, 5.74) is -0.193. The normalized spacial score (nSPS) is 49.3. The largest absolute Gasteiger partial charge is 0.396 e. The van der Waals surface area contributed by atoms with E-state index in [-0.39, 0.29) is 24.5 Å². The van der Waals surface area contributed by atoms with Crippen LogP contribution in [0.1, 0.15) is 46.5 Å². The van der Waals surface area contributed by atoms with E-state index in [0.29, 0.717) is 25.7 Å².